The Kier molecular flexibility index (Phi) is 3.74. The van der Waals surface area contributed by atoms with E-state index < -0.39 is 5.97 Å². The number of amidine groups is 1. The molecule has 0 saturated carbocycles. The van der Waals surface area contributed by atoms with E-state index in [-0.39, 0.29) is 11.4 Å². The summed E-state index contributed by atoms with van der Waals surface area (Å²) in [5, 5.41) is 19.1. The van der Waals surface area contributed by atoms with E-state index in [1.165, 1.54) is 22.6 Å². The molecule has 0 fully saturated rings. The van der Waals surface area contributed by atoms with Crippen molar-refractivity contribution in [1.29, 1.82) is 0 Å². The molecule has 0 aliphatic carbocycles. The zero-order valence-corrected chi connectivity index (χ0v) is 11.7. The van der Waals surface area contributed by atoms with Crippen molar-refractivity contribution in [2.24, 2.45) is 4.99 Å². The molecular weight excluding hydrogens is 288 g/mol. The van der Waals surface area contributed by atoms with Gasteiger partial charge >= 0.3 is 5.97 Å². The molecule has 0 bridgehead atoms. The summed E-state index contributed by atoms with van der Waals surface area (Å²) in [4.78, 5) is 15.6. The second-order valence-corrected chi connectivity index (χ2v) is 5.13. The summed E-state index contributed by atoms with van der Waals surface area (Å²) in [6.45, 7) is 0.580. The van der Waals surface area contributed by atoms with E-state index in [9.17, 15) is 9.90 Å². The van der Waals surface area contributed by atoms with Crippen LogP contribution in [0.5, 0.6) is 0 Å². The summed E-state index contributed by atoms with van der Waals surface area (Å²) >= 11 is 1.40. The van der Waals surface area contributed by atoms with Gasteiger partial charge < -0.3 is 10.4 Å². The zero-order valence-electron chi connectivity index (χ0n) is 10.9. The lowest BCUT2D eigenvalue weighted by Crippen LogP contribution is -2.12. The molecule has 2 N–H and O–H groups in total. The largest absolute Gasteiger partial charge is 0.477 e. The Balaban J connectivity index is 1.93. The Labute approximate surface area is 125 Å². The summed E-state index contributed by atoms with van der Waals surface area (Å²) in [5.41, 5.74) is 0.905. The van der Waals surface area contributed by atoms with E-state index in [4.69, 9.17) is 0 Å². The molecule has 0 unspecified atom stereocenters. The fourth-order valence-electron chi connectivity index (χ4n) is 1.83. The van der Waals surface area contributed by atoms with Gasteiger partial charge in [0, 0.05) is 6.20 Å². The number of carboxylic acids is 1. The monoisotopic (exact) mass is 300 g/mol. The van der Waals surface area contributed by atoms with E-state index in [2.05, 4.69) is 15.4 Å². The first-order valence-corrected chi connectivity index (χ1v) is 7.13. The van der Waals surface area contributed by atoms with Crippen molar-refractivity contribution in [1.82, 2.24) is 9.78 Å². The van der Waals surface area contributed by atoms with Crippen molar-refractivity contribution < 1.29 is 9.90 Å². The van der Waals surface area contributed by atoms with Gasteiger partial charge in [-0.15, -0.1) is 5.10 Å². The lowest BCUT2D eigenvalue weighted by atomic mass is 10.3. The van der Waals surface area contributed by atoms with Crippen LogP contribution in [0.4, 0.5) is 5.82 Å². The minimum absolute atomic E-state index is 0.108. The predicted molar refractivity (Wildman–Crippen MR) is 83.2 cm³/mol. The lowest BCUT2D eigenvalue weighted by Gasteiger charge is -2.08. The Bertz CT molecular complexity index is 722. The topological polar surface area (TPSA) is 79.5 Å². The molecule has 1 aromatic carbocycles. The minimum Gasteiger partial charge on any atom is -0.477 e. The number of anilines is 1. The van der Waals surface area contributed by atoms with E-state index in [0.29, 0.717) is 11.7 Å². The summed E-state index contributed by atoms with van der Waals surface area (Å²) in [7, 11) is 0. The zero-order chi connectivity index (χ0) is 14.7. The quantitative estimate of drug-likeness (QED) is 0.911. The van der Waals surface area contributed by atoms with Gasteiger partial charge in [-0.05, 0) is 17.5 Å². The number of nitrogens with zero attached hydrogens (tertiary/aromatic N) is 3. The first-order chi connectivity index (χ1) is 10.2. The maximum atomic E-state index is 11.4. The third-order valence-corrected chi connectivity index (χ3v) is 3.59. The number of benzene rings is 1. The van der Waals surface area contributed by atoms with Crippen molar-refractivity contribution in [3.8, 4) is 5.69 Å². The lowest BCUT2D eigenvalue weighted by molar-refractivity contribution is 0.0698. The van der Waals surface area contributed by atoms with E-state index in [1.807, 2.05) is 41.8 Å². The van der Waals surface area contributed by atoms with Gasteiger partial charge in [0.15, 0.2) is 11.0 Å². The molecular formula is C14H12N4O2S. The van der Waals surface area contributed by atoms with Gasteiger partial charge in [0.05, 0.1) is 12.2 Å². The highest BCUT2D eigenvalue weighted by molar-refractivity contribution is 8.16. The van der Waals surface area contributed by atoms with Crippen LogP contribution in [-0.2, 0) is 0 Å². The van der Waals surface area contributed by atoms with Gasteiger partial charge in [-0.2, -0.15) is 0 Å². The molecule has 2 aromatic rings. The fourth-order valence-corrected chi connectivity index (χ4v) is 2.45. The minimum atomic E-state index is -1.03. The number of thioether (sulfide) groups is 1. The van der Waals surface area contributed by atoms with Crippen molar-refractivity contribution in [3.05, 3.63) is 53.6 Å². The summed E-state index contributed by atoms with van der Waals surface area (Å²) in [6.07, 6.45) is 3.42. The number of carbonyl (C=O) groups is 1. The summed E-state index contributed by atoms with van der Waals surface area (Å²) in [6, 6.07) is 9.35. The van der Waals surface area contributed by atoms with E-state index >= 15 is 0 Å². The Hall–Kier alpha value is -2.54. The number of nitrogens with one attached hydrogen (secondary N) is 1. The number of aliphatic imine (C=N–C) groups is 1. The Morgan fingerprint density at radius 3 is 2.81 bits per heavy atom. The maximum Gasteiger partial charge on any atom is 0.341 e. The molecule has 2 heterocycles. The standard InChI is InChI=1S/C14H12N4O2S/c19-13(20)11-9-18(10-5-2-1-3-6-10)17-12(11)16-14-15-7-4-8-21-14/h1-6,8-9H,7H2,(H,19,20)(H,15,16,17). The van der Waals surface area contributed by atoms with Crippen molar-refractivity contribution in [3.63, 3.8) is 0 Å². The highest BCUT2D eigenvalue weighted by Crippen LogP contribution is 2.20. The molecule has 0 saturated heterocycles. The molecule has 6 nitrogen and oxygen atoms in total. The van der Waals surface area contributed by atoms with Gasteiger partial charge in [0.2, 0.25) is 0 Å². The maximum absolute atomic E-state index is 11.4. The second kappa shape index (κ2) is 5.84. The molecule has 1 aromatic heterocycles. The van der Waals surface area contributed by atoms with Crippen LogP contribution in [0.25, 0.3) is 5.69 Å². The average molecular weight is 300 g/mol. The SMILES string of the molecule is O=C(O)c1cn(-c2ccccc2)nc1NC1=NCC=CS1. The molecule has 7 heteroatoms. The number of aromatic nitrogens is 2. The van der Waals surface area contributed by atoms with Gasteiger partial charge in [-0.1, -0.05) is 36.0 Å². The van der Waals surface area contributed by atoms with Crippen LogP contribution in [0.3, 0.4) is 0 Å². The number of carboxylic acid groups (broad SMARTS) is 1. The van der Waals surface area contributed by atoms with Crippen molar-refractivity contribution >= 4 is 28.7 Å². The Morgan fingerprint density at radius 1 is 1.33 bits per heavy atom. The van der Waals surface area contributed by atoms with Crippen LogP contribution < -0.4 is 5.32 Å². The third-order valence-electron chi connectivity index (χ3n) is 2.81. The smallest absolute Gasteiger partial charge is 0.341 e. The van der Waals surface area contributed by atoms with Gasteiger partial charge in [-0.3, -0.25) is 4.99 Å². The Morgan fingerprint density at radius 2 is 2.14 bits per heavy atom. The second-order valence-electron chi connectivity index (χ2n) is 4.24. The fraction of sp³-hybridized carbons (Fsp3) is 0.0714. The van der Waals surface area contributed by atoms with Crippen LogP contribution in [0.2, 0.25) is 0 Å². The number of aromatic carboxylic acids is 1. The molecule has 0 amide bonds. The highest BCUT2D eigenvalue weighted by Gasteiger charge is 2.18. The van der Waals surface area contributed by atoms with E-state index in [0.717, 1.165) is 5.69 Å². The highest BCUT2D eigenvalue weighted by atomic mass is 32.2. The van der Waals surface area contributed by atoms with Crippen LogP contribution in [0.1, 0.15) is 10.4 Å². The van der Waals surface area contributed by atoms with Gasteiger partial charge in [-0.25, -0.2) is 9.48 Å². The third kappa shape index (κ3) is 2.97. The summed E-state index contributed by atoms with van der Waals surface area (Å²) < 4.78 is 1.54. The average Bonchev–Trinajstić information content (AvgIpc) is 2.93. The van der Waals surface area contributed by atoms with Crippen LogP contribution in [0, 0.1) is 0 Å². The van der Waals surface area contributed by atoms with Gasteiger partial charge in [0.1, 0.15) is 5.56 Å². The molecule has 1 aliphatic rings. The number of hydrogen-bond acceptors (Lipinski definition) is 5. The normalized spacial score (nSPS) is 13.8. The molecule has 1 aliphatic heterocycles. The number of rotatable bonds is 3. The predicted octanol–water partition coefficient (Wildman–Crippen LogP) is 2.60. The summed E-state index contributed by atoms with van der Waals surface area (Å²) in [5.74, 6) is -0.746. The van der Waals surface area contributed by atoms with Gasteiger partial charge in [0.25, 0.3) is 0 Å². The van der Waals surface area contributed by atoms with Crippen molar-refractivity contribution in [2.45, 2.75) is 0 Å². The number of para-hydroxylation sites is 1. The molecule has 0 spiro atoms. The van der Waals surface area contributed by atoms with E-state index in [1.54, 1.807) is 0 Å². The first-order valence-electron chi connectivity index (χ1n) is 6.25. The van der Waals surface area contributed by atoms with Crippen LogP contribution in [0.15, 0.2) is 53.0 Å². The van der Waals surface area contributed by atoms with Crippen molar-refractivity contribution in [2.75, 3.05) is 11.9 Å². The number of hydrogen-bond donors (Lipinski definition) is 2. The molecule has 21 heavy (non-hydrogen) atoms. The molecule has 0 radical (unpaired) electrons. The molecule has 0 atom stereocenters. The van der Waals surface area contributed by atoms with Crippen LogP contribution in [-0.4, -0.2) is 32.6 Å². The van der Waals surface area contributed by atoms with Crippen LogP contribution >= 0.6 is 11.8 Å². The molecule has 106 valence electrons. The molecule has 3 rings (SSSR count). The first kappa shape index (κ1) is 13.4.